The molecular weight excluding hydrogens is 298 g/mol. The van der Waals surface area contributed by atoms with E-state index in [0.717, 1.165) is 11.3 Å². The van der Waals surface area contributed by atoms with Crippen molar-refractivity contribution < 1.29 is 12.8 Å². The molecule has 6 nitrogen and oxygen atoms in total. The van der Waals surface area contributed by atoms with Crippen molar-refractivity contribution in [1.29, 1.82) is 0 Å². The van der Waals surface area contributed by atoms with Gasteiger partial charge in [0.25, 0.3) is 5.89 Å². The highest BCUT2D eigenvalue weighted by molar-refractivity contribution is 7.89. The maximum atomic E-state index is 11.6. The van der Waals surface area contributed by atoms with E-state index in [1.54, 1.807) is 0 Å². The molecule has 0 fully saturated rings. The van der Waals surface area contributed by atoms with Crippen molar-refractivity contribution >= 4 is 21.4 Å². The van der Waals surface area contributed by atoms with Gasteiger partial charge in [0.2, 0.25) is 15.9 Å². The zero-order valence-corrected chi connectivity index (χ0v) is 12.8. The van der Waals surface area contributed by atoms with Crippen LogP contribution in [0.1, 0.15) is 25.7 Å². The van der Waals surface area contributed by atoms with Crippen LogP contribution in [0.5, 0.6) is 0 Å². The Labute approximate surface area is 122 Å². The Morgan fingerprint density at radius 1 is 1.40 bits per heavy atom. The van der Waals surface area contributed by atoms with Gasteiger partial charge >= 0.3 is 0 Å². The molecule has 8 heteroatoms. The SMILES string of the molecule is CCCCS(=O)(=O)NCCc1nnc(-c2cccs2)o1. The van der Waals surface area contributed by atoms with Crippen LogP contribution in [0.3, 0.4) is 0 Å². The Morgan fingerprint density at radius 2 is 2.25 bits per heavy atom. The van der Waals surface area contributed by atoms with Crippen molar-refractivity contribution in [3.63, 3.8) is 0 Å². The number of thiophene rings is 1. The van der Waals surface area contributed by atoms with Crippen LogP contribution in [-0.4, -0.2) is 30.9 Å². The average Bonchev–Trinajstić information content (AvgIpc) is 3.06. The minimum Gasteiger partial charge on any atom is -0.420 e. The van der Waals surface area contributed by atoms with Gasteiger partial charge in [-0.1, -0.05) is 19.4 Å². The first-order valence-corrected chi connectivity index (χ1v) is 8.97. The number of hydrogen-bond acceptors (Lipinski definition) is 6. The number of hydrogen-bond donors (Lipinski definition) is 1. The average molecular weight is 315 g/mol. The highest BCUT2D eigenvalue weighted by atomic mass is 32.2. The number of sulfonamides is 1. The number of nitrogens with one attached hydrogen (secondary N) is 1. The molecule has 0 aliphatic carbocycles. The third-order valence-electron chi connectivity index (χ3n) is 2.63. The van der Waals surface area contributed by atoms with E-state index in [-0.39, 0.29) is 12.3 Å². The second-order valence-corrected chi connectivity index (χ2v) is 7.17. The summed E-state index contributed by atoms with van der Waals surface area (Å²) in [5.74, 6) is 1.07. The fraction of sp³-hybridized carbons (Fsp3) is 0.500. The Kier molecular flexibility index (Phi) is 5.27. The third-order valence-corrected chi connectivity index (χ3v) is 4.95. The fourth-order valence-corrected chi connectivity index (χ4v) is 3.44. The van der Waals surface area contributed by atoms with E-state index in [0.29, 0.717) is 24.6 Å². The Morgan fingerprint density at radius 3 is 2.95 bits per heavy atom. The molecule has 2 heterocycles. The van der Waals surface area contributed by atoms with Crippen LogP contribution >= 0.6 is 11.3 Å². The van der Waals surface area contributed by atoms with E-state index < -0.39 is 10.0 Å². The summed E-state index contributed by atoms with van der Waals surface area (Å²) in [6.45, 7) is 2.23. The van der Waals surface area contributed by atoms with E-state index in [2.05, 4.69) is 14.9 Å². The van der Waals surface area contributed by atoms with Crippen molar-refractivity contribution in [2.75, 3.05) is 12.3 Å². The maximum absolute atomic E-state index is 11.6. The van der Waals surface area contributed by atoms with E-state index in [4.69, 9.17) is 4.42 Å². The maximum Gasteiger partial charge on any atom is 0.257 e. The molecule has 2 aromatic heterocycles. The van der Waals surface area contributed by atoms with Crippen molar-refractivity contribution in [1.82, 2.24) is 14.9 Å². The molecule has 0 bridgehead atoms. The van der Waals surface area contributed by atoms with Crippen molar-refractivity contribution in [2.45, 2.75) is 26.2 Å². The Balaban J connectivity index is 1.83. The lowest BCUT2D eigenvalue weighted by molar-refractivity contribution is 0.502. The zero-order valence-electron chi connectivity index (χ0n) is 11.2. The van der Waals surface area contributed by atoms with Crippen LogP contribution in [0.2, 0.25) is 0 Å². The molecule has 0 aliphatic rings. The third kappa shape index (κ3) is 4.39. The molecule has 0 aromatic carbocycles. The lowest BCUT2D eigenvalue weighted by Gasteiger charge is -2.03. The Hall–Kier alpha value is -1.25. The van der Waals surface area contributed by atoms with Gasteiger partial charge in [0, 0.05) is 13.0 Å². The molecule has 2 aromatic rings. The second kappa shape index (κ2) is 6.96. The summed E-state index contributed by atoms with van der Waals surface area (Å²) in [5.41, 5.74) is 0. The van der Waals surface area contributed by atoms with Crippen molar-refractivity contribution in [3.8, 4) is 10.8 Å². The molecule has 110 valence electrons. The molecule has 0 atom stereocenters. The molecular formula is C12H17N3O3S2. The quantitative estimate of drug-likeness (QED) is 0.806. The van der Waals surface area contributed by atoms with Gasteiger partial charge < -0.3 is 4.42 Å². The Bertz CT molecular complexity index is 620. The predicted octanol–water partition coefficient (Wildman–Crippen LogP) is 2.06. The number of rotatable bonds is 8. The van der Waals surface area contributed by atoms with Crippen LogP contribution in [0, 0.1) is 0 Å². The number of unbranched alkanes of at least 4 members (excludes halogenated alkanes) is 1. The summed E-state index contributed by atoms with van der Waals surface area (Å²) in [6.07, 6.45) is 1.91. The van der Waals surface area contributed by atoms with Crippen LogP contribution in [0.15, 0.2) is 21.9 Å². The first kappa shape index (κ1) is 15.1. The van der Waals surface area contributed by atoms with Crippen molar-refractivity contribution in [2.24, 2.45) is 0 Å². The van der Waals surface area contributed by atoms with Gasteiger partial charge in [-0.25, -0.2) is 13.1 Å². The van der Waals surface area contributed by atoms with Crippen LogP contribution in [0.25, 0.3) is 10.8 Å². The molecule has 1 N–H and O–H groups in total. The topological polar surface area (TPSA) is 85.1 Å². The minimum absolute atomic E-state index is 0.160. The predicted molar refractivity (Wildman–Crippen MR) is 78.0 cm³/mol. The molecule has 0 radical (unpaired) electrons. The molecule has 0 unspecified atom stereocenters. The van der Waals surface area contributed by atoms with Gasteiger partial charge in [0.05, 0.1) is 10.6 Å². The highest BCUT2D eigenvalue weighted by Gasteiger charge is 2.12. The van der Waals surface area contributed by atoms with E-state index in [1.165, 1.54) is 11.3 Å². The monoisotopic (exact) mass is 315 g/mol. The smallest absolute Gasteiger partial charge is 0.257 e. The standard InChI is InChI=1S/C12H17N3O3S2/c1-2-3-9-20(16,17)13-7-6-11-14-15-12(18-11)10-5-4-8-19-10/h4-5,8,13H,2-3,6-7,9H2,1H3. The van der Waals surface area contributed by atoms with Crippen LogP contribution in [0.4, 0.5) is 0 Å². The lowest BCUT2D eigenvalue weighted by Crippen LogP contribution is -2.28. The van der Waals surface area contributed by atoms with E-state index >= 15 is 0 Å². The van der Waals surface area contributed by atoms with Gasteiger partial charge in [0.1, 0.15) is 0 Å². The normalized spacial score (nSPS) is 11.8. The van der Waals surface area contributed by atoms with Crippen molar-refractivity contribution in [3.05, 3.63) is 23.4 Å². The first-order valence-electron chi connectivity index (χ1n) is 6.44. The van der Waals surface area contributed by atoms with E-state index in [1.807, 2.05) is 24.4 Å². The molecule has 0 saturated carbocycles. The molecule has 20 heavy (non-hydrogen) atoms. The summed E-state index contributed by atoms with van der Waals surface area (Å²) < 4.78 is 31.2. The van der Waals surface area contributed by atoms with Gasteiger partial charge in [0.15, 0.2) is 0 Å². The highest BCUT2D eigenvalue weighted by Crippen LogP contribution is 2.22. The summed E-state index contributed by atoms with van der Waals surface area (Å²) in [6, 6.07) is 3.81. The number of nitrogens with zero attached hydrogens (tertiary/aromatic N) is 2. The molecule has 2 rings (SSSR count). The fourth-order valence-electron chi connectivity index (χ4n) is 1.57. The van der Waals surface area contributed by atoms with Crippen LogP contribution < -0.4 is 4.72 Å². The molecule has 0 amide bonds. The summed E-state index contributed by atoms with van der Waals surface area (Å²) in [4.78, 5) is 0.910. The summed E-state index contributed by atoms with van der Waals surface area (Å²) >= 11 is 1.52. The van der Waals surface area contributed by atoms with E-state index in [9.17, 15) is 8.42 Å². The first-order chi connectivity index (χ1) is 9.61. The minimum atomic E-state index is -3.19. The summed E-state index contributed by atoms with van der Waals surface area (Å²) in [7, 11) is -3.19. The second-order valence-electron chi connectivity index (χ2n) is 4.30. The van der Waals surface area contributed by atoms with Gasteiger partial charge in [-0.15, -0.1) is 21.5 Å². The van der Waals surface area contributed by atoms with Gasteiger partial charge in [-0.05, 0) is 17.9 Å². The van der Waals surface area contributed by atoms with Gasteiger partial charge in [-0.2, -0.15) is 0 Å². The zero-order chi connectivity index (χ0) is 14.4. The largest absolute Gasteiger partial charge is 0.420 e. The molecule has 0 saturated heterocycles. The lowest BCUT2D eigenvalue weighted by atomic mass is 10.4. The molecule has 0 spiro atoms. The number of aromatic nitrogens is 2. The molecule has 0 aliphatic heterocycles. The van der Waals surface area contributed by atoms with Crippen LogP contribution in [-0.2, 0) is 16.4 Å². The summed E-state index contributed by atoms with van der Waals surface area (Å²) in [5, 5.41) is 9.78. The van der Waals surface area contributed by atoms with Gasteiger partial charge in [-0.3, -0.25) is 0 Å².